The molecular weight excluding hydrogens is 214 g/mol. The molecule has 2 rings (SSSR count). The Balaban J connectivity index is 2.00. The van der Waals surface area contributed by atoms with Crippen LogP contribution in [0.5, 0.6) is 5.75 Å². The lowest BCUT2D eigenvalue weighted by molar-refractivity contribution is 0.374. The van der Waals surface area contributed by atoms with Crippen molar-refractivity contribution in [3.63, 3.8) is 0 Å². The third-order valence-electron chi connectivity index (χ3n) is 3.32. The minimum atomic E-state index is 0.757. The quantitative estimate of drug-likeness (QED) is 0.858. The molecule has 0 aromatic carbocycles. The van der Waals surface area contributed by atoms with Crippen LogP contribution in [-0.2, 0) is 0 Å². The Bertz CT molecular complexity index is 350. The molecule has 2 heterocycles. The highest BCUT2D eigenvalue weighted by Gasteiger charge is 2.17. The van der Waals surface area contributed by atoms with E-state index in [1.165, 1.54) is 12.8 Å². The van der Waals surface area contributed by atoms with Crippen molar-refractivity contribution >= 4 is 5.82 Å². The number of nitrogens with zero attached hydrogens (tertiary/aromatic N) is 2. The van der Waals surface area contributed by atoms with Crippen LogP contribution in [0.2, 0.25) is 0 Å². The number of methoxy groups -OCH3 is 1. The predicted octanol–water partition coefficient (Wildman–Crippen LogP) is 1.53. The summed E-state index contributed by atoms with van der Waals surface area (Å²) >= 11 is 0. The van der Waals surface area contributed by atoms with Gasteiger partial charge in [0.15, 0.2) is 11.6 Å². The van der Waals surface area contributed by atoms with Gasteiger partial charge in [-0.25, -0.2) is 4.98 Å². The van der Waals surface area contributed by atoms with Crippen LogP contribution in [0.15, 0.2) is 18.3 Å². The van der Waals surface area contributed by atoms with Crippen LogP contribution in [0.4, 0.5) is 5.82 Å². The van der Waals surface area contributed by atoms with Crippen molar-refractivity contribution in [2.24, 2.45) is 5.92 Å². The fraction of sp³-hybridized carbons (Fsp3) is 0.615. The molecule has 0 saturated carbocycles. The molecule has 94 valence electrons. The summed E-state index contributed by atoms with van der Waals surface area (Å²) in [5, 5.41) is 3.39. The third-order valence-corrected chi connectivity index (χ3v) is 3.32. The third kappa shape index (κ3) is 3.09. The van der Waals surface area contributed by atoms with Crippen molar-refractivity contribution in [3.8, 4) is 5.75 Å². The van der Waals surface area contributed by atoms with Gasteiger partial charge in [-0.05, 0) is 44.0 Å². The molecule has 0 aliphatic carbocycles. The lowest BCUT2D eigenvalue weighted by atomic mass is 9.98. The van der Waals surface area contributed by atoms with Gasteiger partial charge in [-0.1, -0.05) is 0 Å². The zero-order valence-electron chi connectivity index (χ0n) is 10.6. The van der Waals surface area contributed by atoms with Gasteiger partial charge in [-0.2, -0.15) is 0 Å². The number of pyridine rings is 1. The van der Waals surface area contributed by atoms with Gasteiger partial charge in [0.05, 0.1) is 7.11 Å². The second-order valence-electron chi connectivity index (χ2n) is 4.60. The molecule has 4 nitrogen and oxygen atoms in total. The minimum absolute atomic E-state index is 0.757. The van der Waals surface area contributed by atoms with Crippen LogP contribution in [0.3, 0.4) is 0 Å². The molecule has 1 aromatic heterocycles. The second kappa shape index (κ2) is 5.87. The number of ether oxygens (including phenoxy) is 1. The van der Waals surface area contributed by atoms with E-state index in [1.54, 1.807) is 7.11 Å². The number of nitrogens with one attached hydrogen (secondary N) is 1. The summed E-state index contributed by atoms with van der Waals surface area (Å²) in [6.45, 7) is 3.32. The van der Waals surface area contributed by atoms with Crippen molar-refractivity contribution < 1.29 is 4.74 Å². The standard InChI is InChI=1S/C13H21N3O/c1-16(10-11-5-8-14-9-6-11)13-12(17-2)4-3-7-15-13/h3-4,7,11,14H,5-6,8-10H2,1-2H3. The Labute approximate surface area is 103 Å². The second-order valence-corrected chi connectivity index (χ2v) is 4.60. The largest absolute Gasteiger partial charge is 0.493 e. The maximum Gasteiger partial charge on any atom is 0.171 e. The Kier molecular flexibility index (Phi) is 4.20. The number of anilines is 1. The first-order valence-electron chi connectivity index (χ1n) is 6.22. The average molecular weight is 235 g/mol. The fourth-order valence-electron chi connectivity index (χ4n) is 2.37. The normalized spacial score (nSPS) is 16.8. The van der Waals surface area contributed by atoms with Crippen LogP contribution in [0.1, 0.15) is 12.8 Å². The topological polar surface area (TPSA) is 37.4 Å². The molecule has 0 bridgehead atoms. The van der Waals surface area contributed by atoms with E-state index in [0.717, 1.165) is 37.1 Å². The number of rotatable bonds is 4. The number of piperidine rings is 1. The molecule has 4 heteroatoms. The summed E-state index contributed by atoms with van der Waals surface area (Å²) in [5.41, 5.74) is 0. The van der Waals surface area contributed by atoms with Gasteiger partial charge in [0, 0.05) is 19.8 Å². The first-order chi connectivity index (χ1) is 8.31. The van der Waals surface area contributed by atoms with E-state index in [9.17, 15) is 0 Å². The monoisotopic (exact) mass is 235 g/mol. The van der Waals surface area contributed by atoms with Crippen LogP contribution >= 0.6 is 0 Å². The summed E-state index contributed by atoms with van der Waals surface area (Å²) in [6, 6.07) is 3.86. The first-order valence-corrected chi connectivity index (χ1v) is 6.22. The highest BCUT2D eigenvalue weighted by atomic mass is 16.5. The van der Waals surface area contributed by atoms with E-state index in [1.807, 2.05) is 18.3 Å². The van der Waals surface area contributed by atoms with Gasteiger partial charge in [-0.15, -0.1) is 0 Å². The molecular formula is C13H21N3O. The molecule has 1 N–H and O–H groups in total. The smallest absolute Gasteiger partial charge is 0.171 e. The van der Waals surface area contributed by atoms with E-state index in [-0.39, 0.29) is 0 Å². The SMILES string of the molecule is COc1cccnc1N(C)CC1CCNCC1. The molecule has 0 radical (unpaired) electrons. The summed E-state index contributed by atoms with van der Waals surface area (Å²) in [6.07, 6.45) is 4.32. The molecule has 1 aliphatic rings. The minimum Gasteiger partial charge on any atom is -0.493 e. The van der Waals surface area contributed by atoms with Gasteiger partial charge in [0.25, 0.3) is 0 Å². The van der Waals surface area contributed by atoms with Gasteiger partial charge < -0.3 is 15.0 Å². The van der Waals surface area contributed by atoms with Crippen molar-refractivity contribution in [2.45, 2.75) is 12.8 Å². The van der Waals surface area contributed by atoms with E-state index in [0.29, 0.717) is 0 Å². The molecule has 0 amide bonds. The van der Waals surface area contributed by atoms with E-state index < -0.39 is 0 Å². The van der Waals surface area contributed by atoms with Crippen molar-refractivity contribution in [2.75, 3.05) is 38.7 Å². The summed E-state index contributed by atoms with van der Waals surface area (Å²) in [7, 11) is 3.78. The van der Waals surface area contributed by atoms with Crippen molar-refractivity contribution in [1.29, 1.82) is 0 Å². The van der Waals surface area contributed by atoms with Gasteiger partial charge in [-0.3, -0.25) is 0 Å². The molecule has 1 aliphatic heterocycles. The molecule has 0 atom stereocenters. The summed E-state index contributed by atoms with van der Waals surface area (Å²) in [4.78, 5) is 6.60. The van der Waals surface area contributed by atoms with Gasteiger partial charge in [0.2, 0.25) is 0 Å². The van der Waals surface area contributed by atoms with Crippen LogP contribution in [0, 0.1) is 5.92 Å². The van der Waals surface area contributed by atoms with Crippen LogP contribution in [0.25, 0.3) is 0 Å². The highest BCUT2D eigenvalue weighted by molar-refractivity contribution is 5.51. The lowest BCUT2D eigenvalue weighted by Crippen LogP contribution is -2.34. The molecule has 0 unspecified atom stereocenters. The van der Waals surface area contributed by atoms with Crippen LogP contribution in [-0.4, -0.2) is 38.8 Å². The zero-order valence-corrected chi connectivity index (χ0v) is 10.6. The Morgan fingerprint density at radius 2 is 2.24 bits per heavy atom. The van der Waals surface area contributed by atoms with E-state index in [4.69, 9.17) is 4.74 Å². The van der Waals surface area contributed by atoms with Gasteiger partial charge in [0.1, 0.15) is 0 Å². The molecule has 0 spiro atoms. The van der Waals surface area contributed by atoms with Crippen molar-refractivity contribution in [1.82, 2.24) is 10.3 Å². The Hall–Kier alpha value is -1.29. The number of aromatic nitrogens is 1. The molecule has 1 saturated heterocycles. The Morgan fingerprint density at radius 1 is 1.47 bits per heavy atom. The fourth-order valence-corrected chi connectivity index (χ4v) is 2.37. The summed E-state index contributed by atoms with van der Waals surface area (Å²) < 4.78 is 5.34. The predicted molar refractivity (Wildman–Crippen MR) is 69.7 cm³/mol. The Morgan fingerprint density at radius 3 is 2.94 bits per heavy atom. The van der Waals surface area contributed by atoms with Gasteiger partial charge >= 0.3 is 0 Å². The van der Waals surface area contributed by atoms with E-state index in [2.05, 4.69) is 22.2 Å². The maximum atomic E-state index is 5.34. The zero-order chi connectivity index (χ0) is 12.1. The first kappa shape index (κ1) is 12.2. The van der Waals surface area contributed by atoms with Crippen molar-refractivity contribution in [3.05, 3.63) is 18.3 Å². The van der Waals surface area contributed by atoms with E-state index >= 15 is 0 Å². The molecule has 1 fully saturated rings. The highest BCUT2D eigenvalue weighted by Crippen LogP contribution is 2.25. The molecule has 1 aromatic rings. The maximum absolute atomic E-state index is 5.34. The number of hydrogen-bond donors (Lipinski definition) is 1. The van der Waals surface area contributed by atoms with Crippen LogP contribution < -0.4 is 15.0 Å². The number of hydrogen-bond acceptors (Lipinski definition) is 4. The molecule has 17 heavy (non-hydrogen) atoms. The average Bonchev–Trinajstić information content (AvgIpc) is 2.40. The summed E-state index contributed by atoms with van der Waals surface area (Å²) in [5.74, 6) is 2.55. The lowest BCUT2D eigenvalue weighted by Gasteiger charge is -2.28.